The van der Waals surface area contributed by atoms with Crippen molar-refractivity contribution in [3.63, 3.8) is 0 Å². The molecular weight excluding hydrogens is 510 g/mol. The van der Waals surface area contributed by atoms with Crippen LogP contribution in [0.2, 0.25) is 0 Å². The summed E-state index contributed by atoms with van der Waals surface area (Å²) in [4.78, 5) is 35.1. The number of anilines is 2. The molecule has 0 atom stereocenters. The first-order valence-corrected chi connectivity index (χ1v) is 13.7. The average molecular weight is 548 g/mol. The van der Waals surface area contributed by atoms with E-state index in [4.69, 9.17) is 4.84 Å². The summed E-state index contributed by atoms with van der Waals surface area (Å²) in [6, 6.07) is 31.0. The Bertz CT molecular complexity index is 1380. The number of oxime groups is 1. The Balaban J connectivity index is 1.45. The second kappa shape index (κ2) is 13.6. The van der Waals surface area contributed by atoms with Gasteiger partial charge in [-0.2, -0.15) is 0 Å². The Morgan fingerprint density at radius 2 is 0.902 bits per heavy atom. The molecule has 0 aromatic heterocycles. The zero-order chi connectivity index (χ0) is 29.4. The van der Waals surface area contributed by atoms with E-state index in [0.29, 0.717) is 36.3 Å². The number of Topliss-reactive ketones (excluding diaryl/α,β-unsaturated/α-hetero) is 2. The summed E-state index contributed by atoms with van der Waals surface area (Å²) in [5, 5.41) is 4.38. The molecule has 0 amide bonds. The van der Waals surface area contributed by atoms with Crippen LogP contribution in [0.25, 0.3) is 0 Å². The minimum Gasteiger partial charge on any atom is -0.396 e. The quantitative estimate of drug-likeness (QED) is 0.116. The number of nitrogens with zero attached hydrogens (tertiary/aromatic N) is 3. The Labute approximate surface area is 242 Å². The lowest BCUT2D eigenvalue weighted by molar-refractivity contribution is 0.0985. The van der Waals surface area contributed by atoms with Crippen molar-refractivity contribution in [2.24, 2.45) is 5.16 Å². The van der Waals surface area contributed by atoms with Gasteiger partial charge < -0.3 is 14.6 Å². The second-order valence-corrected chi connectivity index (χ2v) is 10.3. The second-order valence-electron chi connectivity index (χ2n) is 10.3. The number of hydrogen-bond donors (Lipinski definition) is 0. The van der Waals surface area contributed by atoms with Crippen LogP contribution in [0.5, 0.6) is 0 Å². The first-order valence-electron chi connectivity index (χ1n) is 13.7. The van der Waals surface area contributed by atoms with Crippen LogP contribution in [-0.4, -0.2) is 52.1 Å². The third-order valence-electron chi connectivity index (χ3n) is 6.88. The average Bonchev–Trinajstić information content (AvgIpc) is 2.99. The molecule has 0 spiro atoms. The van der Waals surface area contributed by atoms with E-state index in [2.05, 4.69) is 5.16 Å². The van der Waals surface area contributed by atoms with Gasteiger partial charge in [0.05, 0.1) is 0 Å². The first kappa shape index (κ1) is 29.3. The van der Waals surface area contributed by atoms with Gasteiger partial charge in [0, 0.05) is 74.7 Å². The van der Waals surface area contributed by atoms with Gasteiger partial charge in [-0.1, -0.05) is 53.7 Å². The van der Waals surface area contributed by atoms with Crippen molar-refractivity contribution >= 4 is 28.7 Å². The molecule has 41 heavy (non-hydrogen) atoms. The Hall–Kier alpha value is -4.71. The fourth-order valence-electron chi connectivity index (χ4n) is 4.43. The summed E-state index contributed by atoms with van der Waals surface area (Å²) in [7, 11) is 7.90. The largest absolute Gasteiger partial charge is 0.396 e. The highest BCUT2D eigenvalue weighted by Crippen LogP contribution is 2.19. The number of benzene rings is 4. The molecule has 0 radical (unpaired) electrons. The van der Waals surface area contributed by atoms with Crippen molar-refractivity contribution in [3.8, 4) is 0 Å². The molecule has 0 fully saturated rings. The highest BCUT2D eigenvalue weighted by Gasteiger charge is 2.13. The van der Waals surface area contributed by atoms with Crippen molar-refractivity contribution in [2.45, 2.75) is 19.8 Å². The van der Waals surface area contributed by atoms with Crippen molar-refractivity contribution < 1.29 is 14.4 Å². The van der Waals surface area contributed by atoms with Gasteiger partial charge in [0.15, 0.2) is 11.6 Å². The first-order chi connectivity index (χ1) is 19.7. The molecule has 0 unspecified atom stereocenters. The van der Waals surface area contributed by atoms with Gasteiger partial charge in [-0.25, -0.2) is 0 Å². The molecule has 0 saturated heterocycles. The number of carbonyl (C=O) groups is 2. The van der Waals surface area contributed by atoms with Gasteiger partial charge in [-0.05, 0) is 66.6 Å². The Morgan fingerprint density at radius 1 is 0.561 bits per heavy atom. The summed E-state index contributed by atoms with van der Waals surface area (Å²) in [6.07, 6.45) is 0.639. The maximum atomic E-state index is 12.8. The lowest BCUT2D eigenvalue weighted by Crippen LogP contribution is -2.10. The van der Waals surface area contributed by atoms with Crippen LogP contribution < -0.4 is 9.80 Å². The zero-order valence-corrected chi connectivity index (χ0v) is 24.4. The van der Waals surface area contributed by atoms with Crippen molar-refractivity contribution in [1.82, 2.24) is 0 Å². The van der Waals surface area contributed by atoms with Gasteiger partial charge in [-0.3, -0.25) is 9.59 Å². The minimum atomic E-state index is 0.0741. The monoisotopic (exact) mass is 547 g/mol. The molecule has 0 N–H and O–H groups in total. The highest BCUT2D eigenvalue weighted by atomic mass is 16.6. The standard InChI is InChI=1S/C35H37N3O3/c1-6-41-36-35(29-11-7-25(8-12-29)23-33(39)27-15-19-31(20-16-27)37(2)3)30-13-9-26(10-14-30)24-34(40)28-17-21-32(22-18-28)38(4)5/h7-22H,6,23-24H2,1-5H3. The number of carbonyl (C=O) groups excluding carboxylic acids is 2. The van der Waals surface area contributed by atoms with Gasteiger partial charge in [0.1, 0.15) is 12.3 Å². The highest BCUT2D eigenvalue weighted by molar-refractivity contribution is 6.12. The van der Waals surface area contributed by atoms with E-state index in [0.717, 1.165) is 33.6 Å². The molecule has 0 bridgehead atoms. The van der Waals surface area contributed by atoms with Crippen LogP contribution in [-0.2, 0) is 17.7 Å². The fourth-order valence-corrected chi connectivity index (χ4v) is 4.43. The molecule has 0 aliphatic carbocycles. The summed E-state index contributed by atoms with van der Waals surface area (Å²) < 4.78 is 0. The van der Waals surface area contributed by atoms with Crippen LogP contribution in [0.15, 0.2) is 102 Å². The number of rotatable bonds is 12. The van der Waals surface area contributed by atoms with Gasteiger partial charge in [0.25, 0.3) is 0 Å². The predicted octanol–water partition coefficient (Wildman–Crippen LogP) is 6.46. The molecule has 4 rings (SSSR count). The van der Waals surface area contributed by atoms with Crippen molar-refractivity contribution in [3.05, 3.63) is 130 Å². The molecule has 4 aromatic carbocycles. The molecule has 6 heteroatoms. The summed E-state index contributed by atoms with van der Waals surface area (Å²) >= 11 is 0. The van der Waals surface area contributed by atoms with E-state index in [1.165, 1.54) is 0 Å². The van der Waals surface area contributed by atoms with E-state index in [-0.39, 0.29) is 11.6 Å². The van der Waals surface area contributed by atoms with Gasteiger partial charge in [0.2, 0.25) is 0 Å². The lowest BCUT2D eigenvalue weighted by Gasteiger charge is -2.12. The molecule has 0 aliphatic rings. The minimum absolute atomic E-state index is 0.0741. The fraction of sp³-hybridized carbons (Fsp3) is 0.229. The van der Waals surface area contributed by atoms with Crippen LogP contribution in [0.3, 0.4) is 0 Å². The Morgan fingerprint density at radius 3 is 1.22 bits per heavy atom. The molecule has 6 nitrogen and oxygen atoms in total. The smallest absolute Gasteiger partial charge is 0.167 e. The third kappa shape index (κ3) is 7.70. The SMILES string of the molecule is CCON=C(c1ccc(CC(=O)c2ccc(N(C)C)cc2)cc1)c1ccc(CC(=O)c2ccc(N(C)C)cc2)cc1. The molecule has 210 valence electrons. The number of hydrogen-bond acceptors (Lipinski definition) is 6. The Kier molecular flexibility index (Phi) is 9.69. The third-order valence-corrected chi connectivity index (χ3v) is 6.88. The van der Waals surface area contributed by atoms with E-state index < -0.39 is 0 Å². The van der Waals surface area contributed by atoms with Gasteiger partial charge >= 0.3 is 0 Å². The molecule has 0 heterocycles. The summed E-state index contributed by atoms with van der Waals surface area (Å²) in [5.74, 6) is 0.148. The van der Waals surface area contributed by atoms with Crippen LogP contribution in [0, 0.1) is 0 Å². The van der Waals surface area contributed by atoms with Crippen LogP contribution in [0.1, 0.15) is 49.9 Å². The maximum absolute atomic E-state index is 12.8. The molecule has 0 saturated carbocycles. The lowest BCUT2D eigenvalue weighted by atomic mass is 9.96. The summed E-state index contributed by atoms with van der Waals surface area (Å²) in [6.45, 7) is 2.34. The summed E-state index contributed by atoms with van der Waals surface area (Å²) in [5.41, 5.74) is 7.83. The molecule has 0 aliphatic heterocycles. The van der Waals surface area contributed by atoms with E-state index in [1.54, 1.807) is 0 Å². The van der Waals surface area contributed by atoms with E-state index in [9.17, 15) is 9.59 Å². The van der Waals surface area contributed by atoms with Crippen molar-refractivity contribution in [2.75, 3.05) is 44.6 Å². The maximum Gasteiger partial charge on any atom is 0.167 e. The predicted molar refractivity (Wildman–Crippen MR) is 168 cm³/mol. The van der Waals surface area contributed by atoms with Gasteiger partial charge in [-0.15, -0.1) is 0 Å². The van der Waals surface area contributed by atoms with E-state index in [1.807, 2.05) is 142 Å². The van der Waals surface area contributed by atoms with E-state index >= 15 is 0 Å². The van der Waals surface area contributed by atoms with Crippen LogP contribution >= 0.6 is 0 Å². The number of ketones is 2. The van der Waals surface area contributed by atoms with Crippen LogP contribution in [0.4, 0.5) is 11.4 Å². The normalized spacial score (nSPS) is 10.6. The topological polar surface area (TPSA) is 62.2 Å². The molecule has 4 aromatic rings. The molecular formula is C35H37N3O3. The zero-order valence-electron chi connectivity index (χ0n) is 24.4. The van der Waals surface area contributed by atoms with Crippen molar-refractivity contribution in [1.29, 1.82) is 0 Å².